The maximum atomic E-state index is 13.2. The molecule has 1 aliphatic carbocycles. The number of carbonyl (C=O) groups is 1. The van der Waals surface area contributed by atoms with E-state index in [1.807, 2.05) is 25.5 Å². The minimum Gasteiger partial charge on any atom is -0.444 e. The van der Waals surface area contributed by atoms with Gasteiger partial charge in [0.05, 0.1) is 17.1 Å². The summed E-state index contributed by atoms with van der Waals surface area (Å²) in [5, 5.41) is 12.2. The second-order valence-electron chi connectivity index (χ2n) is 9.50. The lowest BCUT2D eigenvalue weighted by atomic mass is 10.2. The van der Waals surface area contributed by atoms with Gasteiger partial charge in [0.1, 0.15) is 16.6 Å². The van der Waals surface area contributed by atoms with Crippen LogP contribution in [0.5, 0.6) is 0 Å². The van der Waals surface area contributed by atoms with Gasteiger partial charge < -0.3 is 10.1 Å². The predicted molar refractivity (Wildman–Crippen MR) is 126 cm³/mol. The van der Waals surface area contributed by atoms with Crippen LogP contribution in [0, 0.1) is 0 Å². The maximum absolute atomic E-state index is 13.2. The van der Waals surface area contributed by atoms with Gasteiger partial charge in [0, 0.05) is 17.6 Å². The molecule has 3 aromatic heterocycles. The Morgan fingerprint density at radius 1 is 1.15 bits per heavy atom. The molecule has 0 saturated heterocycles. The highest BCUT2D eigenvalue weighted by Crippen LogP contribution is 2.34. The number of ether oxygens (including phenoxy) is 1. The van der Waals surface area contributed by atoms with Crippen molar-refractivity contribution in [2.24, 2.45) is 0 Å². The van der Waals surface area contributed by atoms with Gasteiger partial charge in [-0.25, -0.2) is 26.9 Å². The Kier molecular flexibility index (Phi) is 5.31. The van der Waals surface area contributed by atoms with E-state index in [0.717, 1.165) is 18.4 Å². The summed E-state index contributed by atoms with van der Waals surface area (Å²) < 4.78 is 34.8. The van der Waals surface area contributed by atoms with Crippen LogP contribution in [-0.2, 0) is 14.8 Å². The van der Waals surface area contributed by atoms with Crippen molar-refractivity contribution < 1.29 is 17.9 Å². The fraction of sp³-hybridized carbons (Fsp3) is 0.391. The lowest BCUT2D eigenvalue weighted by Crippen LogP contribution is -2.38. The summed E-state index contributed by atoms with van der Waals surface area (Å²) in [7, 11) is -3.80. The molecule has 3 heterocycles. The summed E-state index contributed by atoms with van der Waals surface area (Å²) in [4.78, 5) is 16.7. The summed E-state index contributed by atoms with van der Waals surface area (Å²) in [6.07, 6.45) is 4.87. The number of hydrogen-bond donors (Lipinski definition) is 1. The first-order chi connectivity index (χ1) is 16.1. The third kappa shape index (κ3) is 4.00. The fourth-order valence-electron chi connectivity index (χ4n) is 4.43. The average molecular weight is 483 g/mol. The molecule has 178 valence electrons. The summed E-state index contributed by atoms with van der Waals surface area (Å²) in [6.45, 7) is 5.49. The minimum atomic E-state index is -3.80. The highest BCUT2D eigenvalue weighted by molar-refractivity contribution is 7.90. The number of rotatable bonds is 4. The molecule has 0 bridgehead atoms. The van der Waals surface area contributed by atoms with Gasteiger partial charge >= 0.3 is 6.09 Å². The lowest BCUT2D eigenvalue weighted by Gasteiger charge is -2.21. The van der Waals surface area contributed by atoms with Gasteiger partial charge in [-0.05, 0) is 58.2 Å². The fourth-order valence-corrected chi connectivity index (χ4v) is 5.76. The summed E-state index contributed by atoms with van der Waals surface area (Å²) in [5.74, 6) is 0. The molecule has 11 heteroatoms. The van der Waals surface area contributed by atoms with Gasteiger partial charge in [-0.3, -0.25) is 0 Å². The topological polar surface area (TPSA) is 121 Å². The lowest BCUT2D eigenvalue weighted by molar-refractivity contribution is 0.0504. The van der Waals surface area contributed by atoms with Crippen molar-refractivity contribution >= 4 is 38.2 Å². The second kappa shape index (κ2) is 8.08. The van der Waals surface area contributed by atoms with Gasteiger partial charge in [0.25, 0.3) is 10.0 Å². The highest BCUT2D eigenvalue weighted by Gasteiger charge is 2.31. The Bertz CT molecular complexity index is 1470. The van der Waals surface area contributed by atoms with Gasteiger partial charge in [0.15, 0.2) is 5.65 Å². The van der Waals surface area contributed by atoms with Crippen LogP contribution in [0.15, 0.2) is 53.7 Å². The van der Waals surface area contributed by atoms with Crippen LogP contribution in [0.25, 0.3) is 22.1 Å². The minimum absolute atomic E-state index is 0.00428. The molecule has 2 atom stereocenters. The molecular weight excluding hydrogens is 456 g/mol. The third-order valence-electron chi connectivity index (χ3n) is 5.88. The summed E-state index contributed by atoms with van der Waals surface area (Å²) >= 11 is 0. The first-order valence-electron chi connectivity index (χ1n) is 11.1. The van der Waals surface area contributed by atoms with Crippen LogP contribution >= 0.6 is 0 Å². The van der Waals surface area contributed by atoms with Crippen LogP contribution in [0.2, 0.25) is 0 Å². The zero-order valence-electron chi connectivity index (χ0n) is 19.2. The molecule has 1 fully saturated rings. The van der Waals surface area contributed by atoms with E-state index in [-0.39, 0.29) is 17.0 Å². The molecule has 2 unspecified atom stereocenters. The highest BCUT2D eigenvalue weighted by atomic mass is 32.2. The van der Waals surface area contributed by atoms with E-state index >= 15 is 0 Å². The quantitative estimate of drug-likeness (QED) is 0.471. The van der Waals surface area contributed by atoms with E-state index < -0.39 is 21.7 Å². The van der Waals surface area contributed by atoms with Crippen molar-refractivity contribution in [1.29, 1.82) is 0 Å². The van der Waals surface area contributed by atoms with Crippen molar-refractivity contribution in [3.05, 3.63) is 48.8 Å². The van der Waals surface area contributed by atoms with Crippen molar-refractivity contribution in [3.8, 4) is 0 Å². The summed E-state index contributed by atoms with van der Waals surface area (Å²) in [6, 6.07) is 9.95. The van der Waals surface area contributed by atoms with Crippen molar-refractivity contribution in [1.82, 2.24) is 29.3 Å². The number of carbonyl (C=O) groups excluding carboxylic acids is 1. The molecule has 4 aromatic rings. The van der Waals surface area contributed by atoms with E-state index in [1.165, 1.54) is 10.2 Å². The Morgan fingerprint density at radius 3 is 2.65 bits per heavy atom. The number of benzene rings is 1. The van der Waals surface area contributed by atoms with E-state index in [2.05, 4.69) is 20.6 Å². The van der Waals surface area contributed by atoms with Crippen LogP contribution < -0.4 is 5.32 Å². The number of nitrogens with one attached hydrogen (secondary N) is 1. The number of hydrogen-bond acceptors (Lipinski definition) is 7. The van der Waals surface area contributed by atoms with Crippen molar-refractivity contribution in [2.45, 2.75) is 62.6 Å². The molecule has 10 nitrogen and oxygen atoms in total. The molecular formula is C23H26N6O4S. The molecule has 0 radical (unpaired) electrons. The van der Waals surface area contributed by atoms with Gasteiger partial charge in [-0.1, -0.05) is 23.4 Å². The Hall–Kier alpha value is -3.47. The van der Waals surface area contributed by atoms with Crippen molar-refractivity contribution in [3.63, 3.8) is 0 Å². The predicted octanol–water partition coefficient (Wildman–Crippen LogP) is 3.64. The first kappa shape index (κ1) is 22.3. The zero-order chi connectivity index (χ0) is 24.1. The molecule has 0 aliphatic heterocycles. The molecule has 1 amide bonds. The zero-order valence-corrected chi connectivity index (χ0v) is 20.0. The van der Waals surface area contributed by atoms with Crippen molar-refractivity contribution in [2.75, 3.05) is 0 Å². The molecule has 1 saturated carbocycles. The smallest absolute Gasteiger partial charge is 0.407 e. The number of nitrogens with zero attached hydrogens (tertiary/aromatic N) is 5. The Labute approximate surface area is 197 Å². The van der Waals surface area contributed by atoms with Crippen LogP contribution in [0.4, 0.5) is 4.79 Å². The van der Waals surface area contributed by atoms with Crippen LogP contribution in [0.1, 0.15) is 46.1 Å². The standard InChI is InChI=1S/C23H26N6O4S/c1-23(2,3)33-22(30)25-15-9-10-16(13-15)29-20-18-11-12-28(21(18)24-14-19(20)26-27-29)34(31,32)17-7-5-4-6-8-17/h4-8,11-12,14-16H,9-10,13H2,1-3H3,(H,25,30). The van der Waals surface area contributed by atoms with E-state index in [0.29, 0.717) is 23.0 Å². The molecule has 1 aliphatic rings. The molecule has 0 spiro atoms. The number of aromatic nitrogens is 5. The van der Waals surface area contributed by atoms with E-state index in [9.17, 15) is 13.2 Å². The largest absolute Gasteiger partial charge is 0.444 e. The van der Waals surface area contributed by atoms with E-state index in [1.54, 1.807) is 42.6 Å². The number of fused-ring (bicyclic) bond motifs is 3. The van der Waals surface area contributed by atoms with Crippen LogP contribution in [0.3, 0.4) is 0 Å². The molecule has 34 heavy (non-hydrogen) atoms. The van der Waals surface area contributed by atoms with E-state index in [4.69, 9.17) is 4.74 Å². The van der Waals surface area contributed by atoms with Gasteiger partial charge in [0.2, 0.25) is 0 Å². The maximum Gasteiger partial charge on any atom is 0.407 e. The SMILES string of the molecule is CC(C)(C)OC(=O)NC1CCC(n2nnc3cnc4c(ccn4S(=O)(=O)c4ccccc4)c32)C1. The molecule has 5 rings (SSSR count). The monoisotopic (exact) mass is 482 g/mol. The van der Waals surface area contributed by atoms with Crippen LogP contribution in [-0.4, -0.2) is 50.1 Å². The first-order valence-corrected chi connectivity index (χ1v) is 12.6. The number of amides is 1. The Morgan fingerprint density at radius 2 is 1.91 bits per heavy atom. The normalized spacial score (nSPS) is 19.0. The number of alkyl carbamates (subject to hydrolysis) is 1. The molecule has 1 aromatic carbocycles. The average Bonchev–Trinajstić information content (AvgIpc) is 3.50. The summed E-state index contributed by atoms with van der Waals surface area (Å²) in [5.41, 5.74) is 1.08. The van der Waals surface area contributed by atoms with Gasteiger partial charge in [-0.15, -0.1) is 5.10 Å². The Balaban J connectivity index is 1.47. The third-order valence-corrected chi connectivity index (χ3v) is 7.56. The van der Waals surface area contributed by atoms with Gasteiger partial charge in [-0.2, -0.15) is 0 Å². The number of pyridine rings is 1. The molecule has 1 N–H and O–H groups in total. The second-order valence-corrected chi connectivity index (χ2v) is 11.3.